The van der Waals surface area contributed by atoms with Crippen LogP contribution in [0.4, 0.5) is 5.69 Å². The smallest absolute Gasteiger partial charge is 0.335 e. The predicted molar refractivity (Wildman–Crippen MR) is 87.0 cm³/mol. The normalized spacial score (nSPS) is 10.3. The number of rotatable bonds is 5. The molecule has 0 saturated carbocycles. The van der Waals surface area contributed by atoms with Gasteiger partial charge in [0.15, 0.2) is 0 Å². The van der Waals surface area contributed by atoms with E-state index in [1.54, 1.807) is 30.6 Å². The number of methoxy groups -OCH3 is 1. The number of hydrogen-bond donors (Lipinski definition) is 2. The molecule has 0 unspecified atom stereocenters. The molecule has 0 amide bonds. The Morgan fingerprint density at radius 1 is 1.40 bits per heavy atom. The second-order valence-electron chi connectivity index (χ2n) is 3.91. The van der Waals surface area contributed by atoms with Crippen LogP contribution in [0, 0.1) is 0 Å². The SMILES string of the molecule is COc1ccc(C(=O)O)cc1NCc1cc(Br)c(Br)s1. The quantitative estimate of drug-likeness (QED) is 0.742. The summed E-state index contributed by atoms with van der Waals surface area (Å²) in [4.78, 5) is 12.1. The molecule has 0 aliphatic rings. The van der Waals surface area contributed by atoms with E-state index in [9.17, 15) is 4.79 Å². The van der Waals surface area contributed by atoms with Crippen LogP contribution in [0.3, 0.4) is 0 Å². The van der Waals surface area contributed by atoms with Crippen molar-refractivity contribution >= 4 is 54.9 Å². The van der Waals surface area contributed by atoms with Gasteiger partial charge in [0, 0.05) is 15.9 Å². The Morgan fingerprint density at radius 2 is 2.15 bits per heavy atom. The van der Waals surface area contributed by atoms with E-state index in [1.807, 2.05) is 6.07 Å². The van der Waals surface area contributed by atoms with Crippen LogP contribution >= 0.6 is 43.2 Å². The van der Waals surface area contributed by atoms with Crippen LogP contribution in [0.15, 0.2) is 32.5 Å². The molecule has 20 heavy (non-hydrogen) atoms. The summed E-state index contributed by atoms with van der Waals surface area (Å²) in [6, 6.07) is 6.74. The Hall–Kier alpha value is -1.05. The first-order valence-electron chi connectivity index (χ1n) is 5.60. The fourth-order valence-corrected chi connectivity index (χ4v) is 3.76. The third kappa shape index (κ3) is 3.53. The lowest BCUT2D eigenvalue weighted by Gasteiger charge is -2.11. The van der Waals surface area contributed by atoms with Crippen LogP contribution < -0.4 is 10.1 Å². The van der Waals surface area contributed by atoms with Crippen molar-refractivity contribution in [3.8, 4) is 5.75 Å². The van der Waals surface area contributed by atoms with Gasteiger partial charge in [-0.25, -0.2) is 4.79 Å². The van der Waals surface area contributed by atoms with Crippen molar-refractivity contribution in [2.45, 2.75) is 6.54 Å². The lowest BCUT2D eigenvalue weighted by molar-refractivity contribution is 0.0697. The highest BCUT2D eigenvalue weighted by Crippen LogP contribution is 2.33. The number of halogens is 2. The molecule has 2 aromatic rings. The number of carbonyl (C=O) groups is 1. The highest BCUT2D eigenvalue weighted by atomic mass is 79.9. The maximum absolute atomic E-state index is 11.0. The Labute approximate surface area is 137 Å². The van der Waals surface area contributed by atoms with Crippen molar-refractivity contribution in [2.75, 3.05) is 12.4 Å². The zero-order valence-corrected chi connectivity index (χ0v) is 14.4. The third-order valence-electron chi connectivity index (χ3n) is 2.60. The molecule has 0 radical (unpaired) electrons. The molecule has 106 valence electrons. The fourth-order valence-electron chi connectivity index (χ4n) is 1.64. The van der Waals surface area contributed by atoms with E-state index in [1.165, 1.54) is 6.07 Å². The number of carboxylic acids is 1. The Bertz CT molecular complexity index is 623. The van der Waals surface area contributed by atoms with Gasteiger partial charge in [-0.3, -0.25) is 0 Å². The molecule has 7 heteroatoms. The van der Waals surface area contributed by atoms with Crippen LogP contribution in [0.25, 0.3) is 0 Å². The van der Waals surface area contributed by atoms with Gasteiger partial charge in [-0.15, -0.1) is 11.3 Å². The summed E-state index contributed by atoms with van der Waals surface area (Å²) in [6.45, 7) is 0.592. The van der Waals surface area contributed by atoms with Gasteiger partial charge in [0.1, 0.15) is 5.75 Å². The van der Waals surface area contributed by atoms with Gasteiger partial charge in [0.2, 0.25) is 0 Å². The van der Waals surface area contributed by atoms with Crippen LogP contribution in [0.5, 0.6) is 5.75 Å². The molecule has 1 heterocycles. The van der Waals surface area contributed by atoms with Crippen LogP contribution in [-0.2, 0) is 6.54 Å². The summed E-state index contributed by atoms with van der Waals surface area (Å²) in [5.41, 5.74) is 0.884. The molecule has 0 aliphatic heterocycles. The number of ether oxygens (including phenoxy) is 1. The summed E-state index contributed by atoms with van der Waals surface area (Å²) in [7, 11) is 1.55. The standard InChI is InChI=1S/C13H11Br2NO3S/c1-19-11-3-2-7(13(17)18)4-10(11)16-6-8-5-9(14)12(15)20-8/h2-5,16H,6H2,1H3,(H,17,18). The molecule has 1 aromatic carbocycles. The molecule has 0 fully saturated rings. The lowest BCUT2D eigenvalue weighted by atomic mass is 10.2. The first-order valence-corrected chi connectivity index (χ1v) is 8.00. The minimum absolute atomic E-state index is 0.224. The molecular weight excluding hydrogens is 410 g/mol. The van der Waals surface area contributed by atoms with Gasteiger partial charge < -0.3 is 15.2 Å². The lowest BCUT2D eigenvalue weighted by Crippen LogP contribution is -2.03. The summed E-state index contributed by atoms with van der Waals surface area (Å²) < 4.78 is 7.26. The second-order valence-corrected chi connectivity index (χ2v) is 7.22. The average molecular weight is 421 g/mol. The first kappa shape index (κ1) is 15.3. The number of anilines is 1. The van der Waals surface area contributed by atoms with Crippen molar-refractivity contribution in [2.24, 2.45) is 0 Å². The van der Waals surface area contributed by atoms with Crippen LogP contribution in [0.1, 0.15) is 15.2 Å². The minimum Gasteiger partial charge on any atom is -0.495 e. The number of aromatic carboxylic acids is 1. The maximum atomic E-state index is 11.0. The van der Waals surface area contributed by atoms with Gasteiger partial charge in [-0.05, 0) is 56.1 Å². The topological polar surface area (TPSA) is 58.6 Å². The molecule has 2 N–H and O–H groups in total. The van der Waals surface area contributed by atoms with Gasteiger partial charge >= 0.3 is 5.97 Å². The third-order valence-corrected chi connectivity index (χ3v) is 5.85. The van der Waals surface area contributed by atoms with E-state index < -0.39 is 5.97 Å². The second kappa shape index (κ2) is 6.60. The van der Waals surface area contributed by atoms with Crippen molar-refractivity contribution in [1.29, 1.82) is 0 Å². The Morgan fingerprint density at radius 3 is 2.70 bits per heavy atom. The van der Waals surface area contributed by atoms with Gasteiger partial charge in [-0.1, -0.05) is 0 Å². The van der Waals surface area contributed by atoms with Crippen LogP contribution in [0.2, 0.25) is 0 Å². The molecule has 0 bridgehead atoms. The van der Waals surface area contributed by atoms with Crippen molar-refractivity contribution < 1.29 is 14.6 Å². The summed E-state index contributed by atoms with van der Waals surface area (Å²) in [5, 5.41) is 12.2. The minimum atomic E-state index is -0.961. The van der Waals surface area contributed by atoms with E-state index in [-0.39, 0.29) is 5.56 Å². The van der Waals surface area contributed by atoms with Crippen LogP contribution in [-0.4, -0.2) is 18.2 Å². The molecule has 4 nitrogen and oxygen atoms in total. The van der Waals surface area contributed by atoms with E-state index in [4.69, 9.17) is 9.84 Å². The zero-order chi connectivity index (χ0) is 14.7. The van der Waals surface area contributed by atoms with Gasteiger partial charge in [0.05, 0.1) is 22.1 Å². The van der Waals surface area contributed by atoms with Crippen molar-refractivity contribution in [3.63, 3.8) is 0 Å². The number of nitrogens with one attached hydrogen (secondary N) is 1. The highest BCUT2D eigenvalue weighted by molar-refractivity contribution is 9.13. The zero-order valence-electron chi connectivity index (χ0n) is 10.4. The highest BCUT2D eigenvalue weighted by Gasteiger charge is 2.10. The molecular formula is C13H11Br2NO3S. The van der Waals surface area contributed by atoms with E-state index in [2.05, 4.69) is 37.2 Å². The number of hydrogen-bond acceptors (Lipinski definition) is 4. The largest absolute Gasteiger partial charge is 0.495 e. The number of carboxylic acid groups (broad SMARTS) is 1. The number of benzene rings is 1. The summed E-state index contributed by atoms with van der Waals surface area (Å²) in [5.74, 6) is -0.345. The van der Waals surface area contributed by atoms with Gasteiger partial charge in [-0.2, -0.15) is 0 Å². The molecule has 0 saturated heterocycles. The van der Waals surface area contributed by atoms with E-state index in [0.717, 1.165) is 13.1 Å². The van der Waals surface area contributed by atoms with E-state index >= 15 is 0 Å². The maximum Gasteiger partial charge on any atom is 0.335 e. The van der Waals surface area contributed by atoms with Crippen molar-refractivity contribution in [1.82, 2.24) is 0 Å². The Balaban J connectivity index is 2.18. The summed E-state index contributed by atoms with van der Waals surface area (Å²) >= 11 is 8.48. The monoisotopic (exact) mass is 419 g/mol. The predicted octanol–water partition coefficient (Wildman–Crippen LogP) is 4.59. The first-order chi connectivity index (χ1) is 9.51. The average Bonchev–Trinajstić information content (AvgIpc) is 2.75. The molecule has 1 aromatic heterocycles. The molecule has 0 aliphatic carbocycles. The van der Waals surface area contributed by atoms with E-state index in [0.29, 0.717) is 18.0 Å². The van der Waals surface area contributed by atoms with Gasteiger partial charge in [0.25, 0.3) is 0 Å². The molecule has 0 spiro atoms. The van der Waals surface area contributed by atoms with Crippen molar-refractivity contribution in [3.05, 3.63) is 43.0 Å². The summed E-state index contributed by atoms with van der Waals surface area (Å²) in [6.07, 6.45) is 0. The fraction of sp³-hybridized carbons (Fsp3) is 0.154. The Kier molecular flexibility index (Phi) is 5.06. The number of thiophene rings is 1. The molecule has 0 atom stereocenters. The molecule has 2 rings (SSSR count).